The maximum Gasteiger partial charge on any atom is 0.407 e. The van der Waals surface area contributed by atoms with Gasteiger partial charge in [-0.15, -0.1) is 0 Å². The number of ether oxygens (including phenoxy) is 2. The van der Waals surface area contributed by atoms with E-state index in [2.05, 4.69) is 31.4 Å². The smallest absolute Gasteiger partial charge is 0.407 e. The van der Waals surface area contributed by atoms with Crippen molar-refractivity contribution in [3.05, 3.63) is 0 Å². The van der Waals surface area contributed by atoms with Crippen molar-refractivity contribution in [1.29, 1.82) is 0 Å². The highest BCUT2D eigenvalue weighted by atomic mass is 16.6. The number of rotatable bonds is 8. The Balaban J connectivity index is 3.90. The Bertz CT molecular complexity index is 293. The second-order valence-electron chi connectivity index (χ2n) is 7.66. The van der Waals surface area contributed by atoms with Crippen LogP contribution in [0.3, 0.4) is 0 Å². The highest BCUT2D eigenvalue weighted by molar-refractivity contribution is 5.67. The van der Waals surface area contributed by atoms with Crippen LogP contribution in [0.5, 0.6) is 0 Å². The van der Waals surface area contributed by atoms with Gasteiger partial charge in [0, 0.05) is 26.2 Å². The van der Waals surface area contributed by atoms with Crippen molar-refractivity contribution in [1.82, 2.24) is 10.6 Å². The molecule has 0 heterocycles. The molecule has 2 N–H and O–H groups in total. The van der Waals surface area contributed by atoms with Crippen LogP contribution in [-0.4, -0.2) is 44.5 Å². The van der Waals surface area contributed by atoms with Crippen molar-refractivity contribution in [2.75, 3.05) is 26.8 Å². The molecule has 0 fully saturated rings. The zero-order chi connectivity index (χ0) is 16.5. The quantitative estimate of drug-likeness (QED) is 0.677. The molecule has 5 heteroatoms. The maximum absolute atomic E-state index is 11.5. The van der Waals surface area contributed by atoms with Crippen molar-refractivity contribution >= 4 is 6.09 Å². The number of hydrogen-bond acceptors (Lipinski definition) is 4. The molecular weight excluding hydrogens is 268 g/mol. The minimum Gasteiger partial charge on any atom is -0.444 e. The molecule has 1 atom stereocenters. The lowest BCUT2D eigenvalue weighted by Crippen LogP contribution is -2.39. The monoisotopic (exact) mass is 302 g/mol. The molecule has 0 aromatic heterocycles. The van der Waals surface area contributed by atoms with Crippen LogP contribution in [0.1, 0.15) is 54.4 Å². The first-order chi connectivity index (χ1) is 9.53. The molecule has 0 rings (SSSR count). The van der Waals surface area contributed by atoms with Gasteiger partial charge in [0.2, 0.25) is 0 Å². The lowest BCUT2D eigenvalue weighted by molar-refractivity contribution is 0.0526. The van der Waals surface area contributed by atoms with Crippen LogP contribution in [0, 0.1) is 5.41 Å². The predicted molar refractivity (Wildman–Crippen MR) is 86.6 cm³/mol. The summed E-state index contributed by atoms with van der Waals surface area (Å²) in [5.74, 6) is 0. The molecule has 0 saturated heterocycles. The summed E-state index contributed by atoms with van der Waals surface area (Å²) >= 11 is 0. The number of amides is 1. The van der Waals surface area contributed by atoms with Crippen LogP contribution in [0.25, 0.3) is 0 Å². The third-order valence-corrected chi connectivity index (χ3v) is 2.69. The summed E-state index contributed by atoms with van der Waals surface area (Å²) in [5, 5.41) is 6.30. The normalized spacial score (nSPS) is 13.9. The summed E-state index contributed by atoms with van der Waals surface area (Å²) in [4.78, 5) is 11.5. The van der Waals surface area contributed by atoms with Gasteiger partial charge in [0.15, 0.2) is 0 Å². The molecule has 21 heavy (non-hydrogen) atoms. The largest absolute Gasteiger partial charge is 0.444 e. The first kappa shape index (κ1) is 20.2. The van der Waals surface area contributed by atoms with Crippen LogP contribution in [0.4, 0.5) is 4.79 Å². The number of carbonyl (C=O) groups is 1. The van der Waals surface area contributed by atoms with E-state index in [-0.39, 0.29) is 11.5 Å². The molecule has 5 nitrogen and oxygen atoms in total. The van der Waals surface area contributed by atoms with Crippen molar-refractivity contribution in [2.24, 2.45) is 5.41 Å². The zero-order valence-corrected chi connectivity index (χ0v) is 14.8. The Kier molecular flexibility index (Phi) is 8.90. The Morgan fingerprint density at radius 2 is 1.76 bits per heavy atom. The van der Waals surface area contributed by atoms with E-state index >= 15 is 0 Å². The molecule has 0 spiro atoms. The lowest BCUT2D eigenvalue weighted by Gasteiger charge is -2.25. The average molecular weight is 302 g/mol. The molecule has 0 aliphatic heterocycles. The Hall–Kier alpha value is -0.810. The van der Waals surface area contributed by atoms with Gasteiger partial charge in [0.05, 0.1) is 6.61 Å². The van der Waals surface area contributed by atoms with Crippen molar-refractivity contribution in [3.8, 4) is 0 Å². The summed E-state index contributed by atoms with van der Waals surface area (Å²) in [6, 6.07) is 0.315. The van der Waals surface area contributed by atoms with Gasteiger partial charge >= 0.3 is 6.09 Å². The summed E-state index contributed by atoms with van der Waals surface area (Å²) < 4.78 is 10.4. The highest BCUT2D eigenvalue weighted by Gasteiger charge is 2.16. The van der Waals surface area contributed by atoms with E-state index in [1.807, 2.05) is 20.8 Å². The summed E-state index contributed by atoms with van der Waals surface area (Å²) in [6.07, 6.45) is 1.50. The molecule has 0 aromatic carbocycles. The van der Waals surface area contributed by atoms with E-state index < -0.39 is 5.60 Å². The molecule has 1 amide bonds. The molecule has 1 unspecified atom stereocenters. The number of nitrogens with one attached hydrogen (secondary N) is 2. The second-order valence-corrected chi connectivity index (χ2v) is 7.66. The fourth-order valence-corrected chi connectivity index (χ4v) is 1.75. The summed E-state index contributed by atoms with van der Waals surface area (Å²) in [6.45, 7) is 14.4. The molecule has 0 saturated carbocycles. The van der Waals surface area contributed by atoms with Crippen LogP contribution in [0.2, 0.25) is 0 Å². The zero-order valence-electron chi connectivity index (χ0n) is 14.8. The van der Waals surface area contributed by atoms with Gasteiger partial charge in [0.25, 0.3) is 0 Å². The van der Waals surface area contributed by atoms with Gasteiger partial charge < -0.3 is 20.1 Å². The van der Waals surface area contributed by atoms with E-state index in [0.717, 1.165) is 19.4 Å². The van der Waals surface area contributed by atoms with Gasteiger partial charge in [-0.1, -0.05) is 20.8 Å². The number of carbonyl (C=O) groups excluding carboxylic acids is 1. The molecular formula is C16H34N2O3. The third kappa shape index (κ3) is 13.9. The lowest BCUT2D eigenvalue weighted by atomic mass is 9.96. The van der Waals surface area contributed by atoms with Gasteiger partial charge in [-0.3, -0.25) is 0 Å². The SMILES string of the molecule is COCC(CCCNC(=O)OC(C)(C)C)NCC(C)(C)C. The molecule has 0 aliphatic rings. The Morgan fingerprint density at radius 3 is 2.24 bits per heavy atom. The van der Waals surface area contributed by atoms with E-state index in [9.17, 15) is 4.79 Å². The van der Waals surface area contributed by atoms with E-state index in [1.165, 1.54) is 0 Å². The number of methoxy groups -OCH3 is 1. The molecule has 0 radical (unpaired) electrons. The van der Waals surface area contributed by atoms with Crippen molar-refractivity contribution < 1.29 is 14.3 Å². The summed E-state index contributed by atoms with van der Waals surface area (Å²) in [5.41, 5.74) is -0.197. The van der Waals surface area contributed by atoms with Gasteiger partial charge in [-0.2, -0.15) is 0 Å². The molecule has 126 valence electrons. The highest BCUT2D eigenvalue weighted by Crippen LogP contribution is 2.11. The van der Waals surface area contributed by atoms with Crippen LogP contribution < -0.4 is 10.6 Å². The first-order valence-corrected chi connectivity index (χ1v) is 7.73. The topological polar surface area (TPSA) is 59.6 Å². The third-order valence-electron chi connectivity index (χ3n) is 2.69. The van der Waals surface area contributed by atoms with Crippen LogP contribution in [-0.2, 0) is 9.47 Å². The van der Waals surface area contributed by atoms with Gasteiger partial charge in [-0.05, 0) is 39.0 Å². The predicted octanol–water partition coefficient (Wildman–Crippen LogP) is 2.94. The average Bonchev–Trinajstić information content (AvgIpc) is 2.28. The molecule has 0 aromatic rings. The van der Waals surface area contributed by atoms with Crippen molar-refractivity contribution in [2.45, 2.75) is 66.0 Å². The van der Waals surface area contributed by atoms with Crippen molar-refractivity contribution in [3.63, 3.8) is 0 Å². The van der Waals surface area contributed by atoms with Crippen LogP contribution >= 0.6 is 0 Å². The maximum atomic E-state index is 11.5. The molecule has 0 bridgehead atoms. The second kappa shape index (κ2) is 9.26. The number of alkyl carbamates (subject to hydrolysis) is 1. The standard InChI is InChI=1S/C16H34N2O3/c1-15(2,3)12-18-13(11-20-7)9-8-10-17-14(19)21-16(4,5)6/h13,18H,8-12H2,1-7H3,(H,17,19). The molecule has 0 aliphatic carbocycles. The van der Waals surface area contributed by atoms with Gasteiger partial charge in [0.1, 0.15) is 5.60 Å². The summed E-state index contributed by atoms with van der Waals surface area (Å²) in [7, 11) is 1.71. The van der Waals surface area contributed by atoms with E-state index in [4.69, 9.17) is 9.47 Å². The fraction of sp³-hybridized carbons (Fsp3) is 0.938. The fourth-order valence-electron chi connectivity index (χ4n) is 1.75. The van der Waals surface area contributed by atoms with Gasteiger partial charge in [-0.25, -0.2) is 4.79 Å². The van der Waals surface area contributed by atoms with E-state index in [0.29, 0.717) is 19.2 Å². The van der Waals surface area contributed by atoms with Crippen LogP contribution in [0.15, 0.2) is 0 Å². The Morgan fingerprint density at radius 1 is 1.14 bits per heavy atom. The first-order valence-electron chi connectivity index (χ1n) is 7.73. The number of hydrogen-bond donors (Lipinski definition) is 2. The van der Waals surface area contributed by atoms with E-state index in [1.54, 1.807) is 7.11 Å². The minimum atomic E-state index is -0.447. The minimum absolute atomic E-state index is 0.251. The Labute approximate surface area is 130 Å².